The lowest BCUT2D eigenvalue weighted by atomic mass is 10.3. The molecule has 0 saturated carbocycles. The van der Waals surface area contributed by atoms with E-state index in [1.165, 1.54) is 28.1 Å². The van der Waals surface area contributed by atoms with E-state index < -0.39 is 15.8 Å². The van der Waals surface area contributed by atoms with Gasteiger partial charge < -0.3 is 4.42 Å². The standard InChI is InChI=1S/C15H15N3O4S/c1-17(10-11-5-3-4-8-16-11)23(20,21)12-6-7-13-14(9-12)22-15(19)18(13)2/h3-9H,10H2,1-2H3. The highest BCUT2D eigenvalue weighted by molar-refractivity contribution is 7.89. The van der Waals surface area contributed by atoms with Gasteiger partial charge in [-0.25, -0.2) is 13.2 Å². The summed E-state index contributed by atoms with van der Waals surface area (Å²) in [5.41, 5.74) is 1.43. The van der Waals surface area contributed by atoms with E-state index >= 15 is 0 Å². The topological polar surface area (TPSA) is 85.4 Å². The first-order valence-corrected chi connectivity index (χ1v) is 8.29. The van der Waals surface area contributed by atoms with Gasteiger partial charge in [0, 0.05) is 26.4 Å². The van der Waals surface area contributed by atoms with E-state index in [1.54, 1.807) is 37.5 Å². The Labute approximate surface area is 132 Å². The number of fused-ring (bicyclic) bond motifs is 1. The Morgan fingerprint density at radius 3 is 2.74 bits per heavy atom. The van der Waals surface area contributed by atoms with Crippen molar-refractivity contribution >= 4 is 21.1 Å². The van der Waals surface area contributed by atoms with Gasteiger partial charge in [-0.3, -0.25) is 9.55 Å². The van der Waals surface area contributed by atoms with Crippen LogP contribution in [0.1, 0.15) is 5.69 Å². The van der Waals surface area contributed by atoms with Crippen LogP contribution in [-0.4, -0.2) is 29.3 Å². The fraction of sp³-hybridized carbons (Fsp3) is 0.200. The summed E-state index contributed by atoms with van der Waals surface area (Å²) in [6.45, 7) is 0.153. The first kappa shape index (κ1) is 15.4. The maximum atomic E-state index is 12.6. The molecule has 0 amide bonds. The van der Waals surface area contributed by atoms with Crippen LogP contribution in [0.25, 0.3) is 11.1 Å². The summed E-state index contributed by atoms with van der Waals surface area (Å²) in [4.78, 5) is 15.7. The third-order valence-corrected chi connectivity index (χ3v) is 5.38. The number of nitrogens with zero attached hydrogens (tertiary/aromatic N) is 3. The van der Waals surface area contributed by atoms with Gasteiger partial charge in [-0.05, 0) is 24.3 Å². The summed E-state index contributed by atoms with van der Waals surface area (Å²) < 4.78 is 32.9. The molecule has 1 aromatic carbocycles. The molecule has 3 rings (SSSR count). The highest BCUT2D eigenvalue weighted by Gasteiger charge is 2.22. The zero-order valence-electron chi connectivity index (χ0n) is 12.6. The number of pyridine rings is 1. The van der Waals surface area contributed by atoms with E-state index in [-0.39, 0.29) is 17.0 Å². The number of aryl methyl sites for hydroxylation is 1. The van der Waals surface area contributed by atoms with E-state index in [0.29, 0.717) is 11.2 Å². The Kier molecular flexibility index (Phi) is 3.78. The lowest BCUT2D eigenvalue weighted by Crippen LogP contribution is -2.26. The predicted molar refractivity (Wildman–Crippen MR) is 84.3 cm³/mol. The smallest absolute Gasteiger partial charge is 0.408 e. The molecular weight excluding hydrogens is 318 g/mol. The van der Waals surface area contributed by atoms with Crippen molar-refractivity contribution in [2.45, 2.75) is 11.4 Å². The minimum Gasteiger partial charge on any atom is -0.408 e. The van der Waals surface area contributed by atoms with Gasteiger partial charge in [0.05, 0.1) is 22.7 Å². The zero-order chi connectivity index (χ0) is 16.6. The number of hydrogen-bond acceptors (Lipinski definition) is 5. The second kappa shape index (κ2) is 5.64. The largest absolute Gasteiger partial charge is 0.419 e. The Morgan fingerprint density at radius 1 is 1.26 bits per heavy atom. The molecule has 2 heterocycles. The van der Waals surface area contributed by atoms with Crippen molar-refractivity contribution in [3.8, 4) is 0 Å². The van der Waals surface area contributed by atoms with Crippen molar-refractivity contribution in [2.24, 2.45) is 7.05 Å². The van der Waals surface area contributed by atoms with Gasteiger partial charge in [-0.2, -0.15) is 4.31 Å². The van der Waals surface area contributed by atoms with Gasteiger partial charge in [-0.15, -0.1) is 0 Å². The Morgan fingerprint density at radius 2 is 2.04 bits per heavy atom. The molecule has 3 aromatic rings. The van der Waals surface area contributed by atoms with Crippen LogP contribution in [-0.2, 0) is 23.6 Å². The third-order valence-electron chi connectivity index (χ3n) is 3.58. The highest BCUT2D eigenvalue weighted by atomic mass is 32.2. The molecule has 0 aliphatic heterocycles. The summed E-state index contributed by atoms with van der Waals surface area (Å²) in [7, 11) is -0.664. The maximum Gasteiger partial charge on any atom is 0.419 e. The van der Waals surface area contributed by atoms with Crippen LogP contribution >= 0.6 is 0 Å². The lowest BCUT2D eigenvalue weighted by Gasteiger charge is -2.16. The molecule has 0 unspecified atom stereocenters. The number of sulfonamides is 1. The zero-order valence-corrected chi connectivity index (χ0v) is 13.4. The Hall–Kier alpha value is -2.45. The maximum absolute atomic E-state index is 12.6. The van der Waals surface area contributed by atoms with Gasteiger partial charge in [0.2, 0.25) is 10.0 Å². The van der Waals surface area contributed by atoms with Crippen molar-refractivity contribution in [3.05, 3.63) is 58.8 Å². The lowest BCUT2D eigenvalue weighted by molar-refractivity contribution is 0.462. The van der Waals surface area contributed by atoms with Crippen LogP contribution in [0.2, 0.25) is 0 Å². The molecule has 2 aromatic heterocycles. The van der Waals surface area contributed by atoms with Crippen molar-refractivity contribution in [3.63, 3.8) is 0 Å². The minimum absolute atomic E-state index is 0.0674. The number of aromatic nitrogens is 2. The average molecular weight is 333 g/mol. The number of oxazole rings is 1. The Balaban J connectivity index is 1.97. The predicted octanol–water partition coefficient (Wildman–Crippen LogP) is 1.35. The molecule has 0 N–H and O–H groups in total. The number of hydrogen-bond donors (Lipinski definition) is 0. The second-order valence-electron chi connectivity index (χ2n) is 5.14. The van der Waals surface area contributed by atoms with Crippen LogP contribution in [0.15, 0.2) is 56.7 Å². The van der Waals surface area contributed by atoms with Crippen molar-refractivity contribution in [1.82, 2.24) is 13.9 Å². The molecule has 0 fully saturated rings. The molecule has 7 nitrogen and oxygen atoms in total. The average Bonchev–Trinajstić information content (AvgIpc) is 2.82. The summed E-state index contributed by atoms with van der Waals surface area (Å²) in [6.07, 6.45) is 1.61. The molecule has 0 aliphatic rings. The Bertz CT molecular complexity index is 1010. The SMILES string of the molecule is CN(Cc1ccccn1)S(=O)(=O)c1ccc2c(c1)oc(=O)n2C. The molecule has 0 spiro atoms. The quantitative estimate of drug-likeness (QED) is 0.719. The minimum atomic E-state index is -3.71. The van der Waals surface area contributed by atoms with Gasteiger partial charge in [0.15, 0.2) is 5.58 Å². The van der Waals surface area contributed by atoms with E-state index in [0.717, 1.165) is 0 Å². The van der Waals surface area contributed by atoms with E-state index in [1.807, 2.05) is 0 Å². The van der Waals surface area contributed by atoms with Gasteiger partial charge in [0.1, 0.15) is 0 Å². The first-order chi connectivity index (χ1) is 10.9. The summed E-state index contributed by atoms with van der Waals surface area (Å²) in [5.74, 6) is -0.531. The molecule has 0 radical (unpaired) electrons. The monoisotopic (exact) mass is 333 g/mol. The summed E-state index contributed by atoms with van der Waals surface area (Å²) in [5, 5.41) is 0. The van der Waals surface area contributed by atoms with Crippen molar-refractivity contribution < 1.29 is 12.8 Å². The molecule has 0 aliphatic carbocycles. The molecule has 120 valence electrons. The van der Waals surface area contributed by atoms with Crippen molar-refractivity contribution in [1.29, 1.82) is 0 Å². The van der Waals surface area contributed by atoms with Gasteiger partial charge in [0.25, 0.3) is 0 Å². The van der Waals surface area contributed by atoms with E-state index in [4.69, 9.17) is 4.42 Å². The molecule has 0 atom stereocenters. The van der Waals surface area contributed by atoms with Crippen molar-refractivity contribution in [2.75, 3.05) is 7.05 Å². The van der Waals surface area contributed by atoms with E-state index in [9.17, 15) is 13.2 Å². The van der Waals surface area contributed by atoms with Crippen LogP contribution in [0.5, 0.6) is 0 Å². The summed E-state index contributed by atoms with van der Waals surface area (Å²) >= 11 is 0. The normalized spacial score (nSPS) is 12.1. The summed E-state index contributed by atoms with van der Waals surface area (Å²) in [6, 6.07) is 9.70. The van der Waals surface area contributed by atoms with Crippen LogP contribution < -0.4 is 5.76 Å². The first-order valence-electron chi connectivity index (χ1n) is 6.85. The van der Waals surface area contributed by atoms with Crippen LogP contribution in [0.4, 0.5) is 0 Å². The molecule has 0 bridgehead atoms. The van der Waals surface area contributed by atoms with Gasteiger partial charge >= 0.3 is 5.76 Å². The molecule has 23 heavy (non-hydrogen) atoms. The van der Waals surface area contributed by atoms with E-state index in [2.05, 4.69) is 4.98 Å². The molecule has 0 saturated heterocycles. The van der Waals surface area contributed by atoms with Gasteiger partial charge in [-0.1, -0.05) is 6.07 Å². The number of benzene rings is 1. The fourth-order valence-corrected chi connectivity index (χ4v) is 3.42. The third kappa shape index (κ3) is 2.78. The van der Waals surface area contributed by atoms with Crippen LogP contribution in [0.3, 0.4) is 0 Å². The number of rotatable bonds is 4. The second-order valence-corrected chi connectivity index (χ2v) is 7.18. The van der Waals surface area contributed by atoms with Crippen LogP contribution in [0, 0.1) is 0 Å². The molecule has 8 heteroatoms. The molecular formula is C15H15N3O4S. The highest BCUT2D eigenvalue weighted by Crippen LogP contribution is 2.21. The fourth-order valence-electron chi connectivity index (χ4n) is 2.26.